The lowest BCUT2D eigenvalue weighted by Crippen LogP contribution is -2.38. The van der Waals surface area contributed by atoms with E-state index in [1.165, 1.54) is 6.07 Å². The number of hydrogen-bond donors (Lipinski definition) is 1. The van der Waals surface area contributed by atoms with Crippen LogP contribution in [0.1, 0.15) is 23.3 Å². The Balaban J connectivity index is 1.74. The minimum absolute atomic E-state index is 0.00376. The second-order valence-corrected chi connectivity index (χ2v) is 5.48. The van der Waals surface area contributed by atoms with Gasteiger partial charge in [0.1, 0.15) is 17.5 Å². The molecule has 2 aromatic rings. The van der Waals surface area contributed by atoms with Crippen molar-refractivity contribution in [2.24, 2.45) is 0 Å². The smallest absolute Gasteiger partial charge is 0.387 e. The van der Waals surface area contributed by atoms with Crippen LogP contribution in [0.25, 0.3) is 0 Å². The third-order valence-electron chi connectivity index (χ3n) is 3.85. The lowest BCUT2D eigenvalue weighted by molar-refractivity contribution is -0.148. The predicted octanol–water partition coefficient (Wildman–Crippen LogP) is 2.12. The molecule has 2 heterocycles. The maximum atomic E-state index is 13.7. The van der Waals surface area contributed by atoms with Crippen LogP contribution in [0.4, 0.5) is 22.0 Å². The van der Waals surface area contributed by atoms with E-state index in [9.17, 15) is 27.1 Å². The Morgan fingerprint density at radius 2 is 1.79 bits per heavy atom. The molecule has 10 heteroatoms. The summed E-state index contributed by atoms with van der Waals surface area (Å²) in [5, 5.41) is 16.7. The molecule has 1 N–H and O–H groups in total. The minimum atomic E-state index is -4.59. The van der Waals surface area contributed by atoms with Crippen molar-refractivity contribution in [3.63, 3.8) is 0 Å². The quantitative estimate of drug-likeness (QED) is 0.864. The second-order valence-electron chi connectivity index (χ2n) is 5.48. The zero-order valence-corrected chi connectivity index (χ0v) is 12.3. The lowest BCUT2D eigenvalue weighted by atomic mass is 10.1. The van der Waals surface area contributed by atoms with Gasteiger partial charge in [-0.3, -0.25) is 4.90 Å². The van der Waals surface area contributed by atoms with Crippen LogP contribution in [0, 0.1) is 11.6 Å². The van der Waals surface area contributed by atoms with Crippen molar-refractivity contribution < 1.29 is 27.1 Å². The van der Waals surface area contributed by atoms with Crippen LogP contribution in [-0.2, 0) is 19.3 Å². The van der Waals surface area contributed by atoms with Crippen molar-refractivity contribution >= 4 is 0 Å². The monoisotopic (exact) mass is 348 g/mol. The number of rotatable bonds is 3. The van der Waals surface area contributed by atoms with Crippen LogP contribution in [0.2, 0.25) is 0 Å². The molecule has 1 aliphatic heterocycles. The number of alkyl halides is 3. The fourth-order valence-corrected chi connectivity index (χ4v) is 2.74. The van der Waals surface area contributed by atoms with E-state index in [2.05, 4.69) is 10.2 Å². The van der Waals surface area contributed by atoms with Gasteiger partial charge in [0.05, 0.1) is 18.2 Å². The number of benzene rings is 1. The Kier molecular flexibility index (Phi) is 4.26. The molecule has 1 aliphatic rings. The number of hydrogen-bond acceptors (Lipinski definition) is 4. The van der Waals surface area contributed by atoms with E-state index in [1.807, 2.05) is 0 Å². The van der Waals surface area contributed by atoms with Gasteiger partial charge >= 0.3 is 6.18 Å². The van der Waals surface area contributed by atoms with Gasteiger partial charge in [-0.25, -0.2) is 8.78 Å². The first-order valence-corrected chi connectivity index (χ1v) is 7.11. The average molecular weight is 348 g/mol. The molecule has 0 fully saturated rings. The highest BCUT2D eigenvalue weighted by atomic mass is 19.4. The topological polar surface area (TPSA) is 54.2 Å². The molecule has 0 aliphatic carbocycles. The van der Waals surface area contributed by atoms with E-state index in [-0.39, 0.29) is 32.0 Å². The van der Waals surface area contributed by atoms with Crippen molar-refractivity contribution in [3.05, 3.63) is 47.0 Å². The lowest BCUT2D eigenvalue weighted by Gasteiger charge is -2.29. The van der Waals surface area contributed by atoms with Gasteiger partial charge in [0.2, 0.25) is 5.82 Å². The van der Waals surface area contributed by atoms with Gasteiger partial charge in [-0.05, 0) is 12.1 Å². The van der Waals surface area contributed by atoms with Crippen LogP contribution >= 0.6 is 0 Å². The number of halogens is 5. The number of aliphatic hydroxyl groups is 1. The van der Waals surface area contributed by atoms with E-state index >= 15 is 0 Å². The number of β-amino-alcohol motifs (C(OH)–C–C–N with tert-alkyl or cyclic N) is 1. The molecule has 5 nitrogen and oxygen atoms in total. The zero-order chi connectivity index (χ0) is 17.5. The van der Waals surface area contributed by atoms with Crippen LogP contribution in [0.3, 0.4) is 0 Å². The fourth-order valence-electron chi connectivity index (χ4n) is 2.74. The Morgan fingerprint density at radius 3 is 2.42 bits per heavy atom. The highest BCUT2D eigenvalue weighted by Crippen LogP contribution is 2.30. The summed E-state index contributed by atoms with van der Waals surface area (Å²) in [5.41, 5.74) is -0.458. The Morgan fingerprint density at radius 1 is 1.12 bits per heavy atom. The third kappa shape index (κ3) is 3.11. The molecule has 1 atom stereocenters. The Labute approximate surface area is 133 Å². The number of fused-ring (bicyclic) bond motifs is 1. The van der Waals surface area contributed by atoms with Crippen LogP contribution in [-0.4, -0.2) is 37.9 Å². The van der Waals surface area contributed by atoms with Gasteiger partial charge < -0.3 is 9.67 Å². The molecule has 1 aromatic carbocycles. The number of aromatic nitrogens is 3. The van der Waals surface area contributed by atoms with E-state index in [0.717, 1.165) is 16.7 Å². The Bertz CT molecular complexity index is 725. The molecule has 0 spiro atoms. The first-order valence-electron chi connectivity index (χ1n) is 7.11. The summed E-state index contributed by atoms with van der Waals surface area (Å²) in [5.74, 6) is -2.73. The van der Waals surface area contributed by atoms with Crippen LogP contribution in [0.5, 0.6) is 0 Å². The highest BCUT2D eigenvalue weighted by molar-refractivity contribution is 5.22. The van der Waals surface area contributed by atoms with Crippen molar-refractivity contribution in [1.82, 2.24) is 19.7 Å². The first kappa shape index (κ1) is 16.8. The van der Waals surface area contributed by atoms with Gasteiger partial charge in [-0.15, -0.1) is 10.2 Å². The molecule has 0 radical (unpaired) electrons. The van der Waals surface area contributed by atoms with Gasteiger partial charge in [-0.1, -0.05) is 6.07 Å². The normalized spacial score (nSPS) is 16.9. The largest absolute Gasteiger partial charge is 0.451 e. The van der Waals surface area contributed by atoms with Gasteiger partial charge in [-0.2, -0.15) is 13.2 Å². The molecule has 130 valence electrons. The standard InChI is InChI=1S/C14H13F5N4O/c15-8-2-1-3-9(16)12(8)10(24)6-22-4-5-23-11(7-22)20-21-13(23)14(17,18)19/h1-3,10,24H,4-7H2. The molecule has 0 saturated heterocycles. The van der Waals surface area contributed by atoms with E-state index in [4.69, 9.17) is 0 Å². The summed E-state index contributed by atoms with van der Waals surface area (Å²) in [6.45, 7) is 0.00712. The summed E-state index contributed by atoms with van der Waals surface area (Å²) in [6.07, 6.45) is -6.04. The van der Waals surface area contributed by atoms with Crippen molar-refractivity contribution in [2.75, 3.05) is 13.1 Å². The Hall–Kier alpha value is -2.07. The first-order chi connectivity index (χ1) is 11.3. The van der Waals surface area contributed by atoms with Crippen LogP contribution in [0.15, 0.2) is 18.2 Å². The highest BCUT2D eigenvalue weighted by Gasteiger charge is 2.39. The molecular weight excluding hydrogens is 335 g/mol. The fraction of sp³-hybridized carbons (Fsp3) is 0.429. The molecule has 1 aromatic heterocycles. The van der Waals surface area contributed by atoms with E-state index in [0.29, 0.717) is 0 Å². The second kappa shape index (κ2) is 6.10. The summed E-state index contributed by atoms with van der Waals surface area (Å²) in [4.78, 5) is 1.57. The van der Waals surface area contributed by atoms with E-state index in [1.54, 1.807) is 4.90 Å². The molecular formula is C14H13F5N4O. The molecule has 0 saturated carbocycles. The summed E-state index contributed by atoms with van der Waals surface area (Å²) in [7, 11) is 0. The van der Waals surface area contributed by atoms with Crippen molar-refractivity contribution in [1.29, 1.82) is 0 Å². The molecule has 0 bridgehead atoms. The molecule has 3 rings (SSSR count). The van der Waals surface area contributed by atoms with Gasteiger partial charge in [0.15, 0.2) is 0 Å². The minimum Gasteiger partial charge on any atom is -0.387 e. The summed E-state index contributed by atoms with van der Waals surface area (Å²) in [6, 6.07) is 3.25. The van der Waals surface area contributed by atoms with Gasteiger partial charge in [0, 0.05) is 19.6 Å². The summed E-state index contributed by atoms with van der Waals surface area (Å²) < 4.78 is 66.6. The average Bonchev–Trinajstić information content (AvgIpc) is 2.90. The van der Waals surface area contributed by atoms with E-state index < -0.39 is 35.3 Å². The van der Waals surface area contributed by atoms with Crippen molar-refractivity contribution in [3.8, 4) is 0 Å². The predicted molar refractivity (Wildman–Crippen MR) is 71.6 cm³/mol. The maximum absolute atomic E-state index is 13.7. The van der Waals surface area contributed by atoms with Crippen molar-refractivity contribution in [2.45, 2.75) is 25.4 Å². The molecule has 1 unspecified atom stereocenters. The number of aliphatic hydroxyl groups excluding tert-OH is 1. The molecule has 24 heavy (non-hydrogen) atoms. The summed E-state index contributed by atoms with van der Waals surface area (Å²) >= 11 is 0. The third-order valence-corrected chi connectivity index (χ3v) is 3.85. The number of nitrogens with zero attached hydrogens (tertiary/aromatic N) is 4. The SMILES string of the molecule is OC(CN1CCn2c(nnc2C(F)(F)F)C1)c1c(F)cccc1F. The van der Waals surface area contributed by atoms with Gasteiger partial charge in [0.25, 0.3) is 0 Å². The maximum Gasteiger partial charge on any atom is 0.451 e. The van der Waals surface area contributed by atoms with Crippen LogP contribution < -0.4 is 0 Å². The zero-order valence-electron chi connectivity index (χ0n) is 12.3. The molecule has 0 amide bonds.